The Morgan fingerprint density at radius 1 is 1.07 bits per heavy atom. The molecule has 4 nitrogen and oxygen atoms in total. The Balaban J connectivity index is 1.31. The maximum absolute atomic E-state index is 14.4. The number of hydrogen-bond acceptors (Lipinski definition) is 4. The molecule has 2 atom stereocenters. The Morgan fingerprint density at radius 2 is 1.83 bits per heavy atom. The Bertz CT molecular complexity index is 828. The topological polar surface area (TPSA) is 31.4 Å². The molecule has 0 bridgehead atoms. The van der Waals surface area contributed by atoms with Gasteiger partial charge in [-0.15, -0.1) is 0 Å². The molecule has 1 N–H and O–H groups in total. The summed E-state index contributed by atoms with van der Waals surface area (Å²) in [5.41, 5.74) is 2.75. The van der Waals surface area contributed by atoms with Crippen molar-refractivity contribution >= 4 is 35.1 Å². The van der Waals surface area contributed by atoms with Crippen molar-refractivity contribution in [1.29, 1.82) is 0 Å². The molecule has 2 aromatic rings. The highest BCUT2D eigenvalue weighted by atomic mass is 31.1. The first kappa shape index (κ1) is 22.3. The van der Waals surface area contributed by atoms with E-state index >= 15 is 0 Å². The van der Waals surface area contributed by atoms with Gasteiger partial charge in [0.25, 0.3) is 0 Å². The summed E-state index contributed by atoms with van der Waals surface area (Å²) in [7, 11) is 4.52. The molecule has 7 heteroatoms. The second-order valence-corrected chi connectivity index (χ2v) is 11.2. The third kappa shape index (κ3) is 5.68. The Morgan fingerprint density at radius 3 is 2.57 bits per heavy atom. The lowest BCUT2D eigenvalue weighted by atomic mass is 9.96. The molecule has 2 aliphatic rings. The molecule has 3 heterocycles. The summed E-state index contributed by atoms with van der Waals surface area (Å²) in [6.07, 6.45) is 8.39. The first-order chi connectivity index (χ1) is 14.5. The largest absolute Gasteiger partial charge is 0.371 e. The van der Waals surface area contributed by atoms with Crippen molar-refractivity contribution in [2.75, 3.05) is 50.7 Å². The number of rotatable bonds is 7. The molecule has 0 spiro atoms. The van der Waals surface area contributed by atoms with Crippen molar-refractivity contribution in [3.05, 3.63) is 36.0 Å². The van der Waals surface area contributed by atoms with Crippen molar-refractivity contribution in [1.82, 2.24) is 15.2 Å². The van der Waals surface area contributed by atoms with Gasteiger partial charge in [0.15, 0.2) is 5.15 Å². The van der Waals surface area contributed by atoms with Crippen molar-refractivity contribution < 1.29 is 4.39 Å². The zero-order chi connectivity index (χ0) is 21.0. The second-order valence-electron chi connectivity index (χ2n) is 8.87. The van der Waals surface area contributed by atoms with Gasteiger partial charge in [-0.2, -0.15) is 0 Å². The lowest BCUT2D eigenvalue weighted by Crippen LogP contribution is -2.40. The molecule has 2 saturated heterocycles. The number of piperidine rings is 2. The number of hydrogen-bond donors (Lipinski definition) is 1. The SMILES string of the molecule is FC(P)(P)c1ccc2nccc(N3CCC(CNCCN4CCCCC4)CC3)c2c1. The van der Waals surface area contributed by atoms with Crippen molar-refractivity contribution in [2.45, 2.75) is 37.3 Å². The molecule has 4 rings (SSSR count). The Kier molecular flexibility index (Phi) is 7.57. The standard InChI is InChI=1S/C23H35FN4P2/c24-23(29,30)19-4-5-21-20(16-19)22(6-9-26-21)28-13-7-18(8-14-28)17-25-10-15-27-11-2-1-3-12-27/h4-6,9,16,18,25H,1-3,7-8,10-15,17,29-30H2. The van der Waals surface area contributed by atoms with Gasteiger partial charge in [-0.05, 0) is 75.0 Å². The monoisotopic (exact) mass is 448 g/mol. The van der Waals surface area contributed by atoms with Crippen LogP contribution in [0.4, 0.5) is 10.1 Å². The van der Waals surface area contributed by atoms with E-state index in [1.807, 2.05) is 24.4 Å². The molecule has 1 aromatic heterocycles. The maximum Gasteiger partial charge on any atom is 0.160 e. The molecule has 0 radical (unpaired) electrons. The van der Waals surface area contributed by atoms with Crippen molar-refractivity contribution in [3.63, 3.8) is 0 Å². The van der Waals surface area contributed by atoms with E-state index in [0.717, 1.165) is 43.0 Å². The van der Waals surface area contributed by atoms with Gasteiger partial charge in [0, 0.05) is 43.4 Å². The van der Waals surface area contributed by atoms with E-state index in [9.17, 15) is 4.39 Å². The predicted octanol–water partition coefficient (Wildman–Crippen LogP) is 4.36. The number of nitrogens with zero attached hydrogens (tertiary/aromatic N) is 3. The molecule has 0 amide bonds. The van der Waals surface area contributed by atoms with Crippen molar-refractivity contribution in [3.8, 4) is 0 Å². The normalized spacial score (nSPS) is 19.5. The van der Waals surface area contributed by atoms with Crippen LogP contribution in [-0.2, 0) is 5.15 Å². The first-order valence-corrected chi connectivity index (χ1v) is 12.5. The summed E-state index contributed by atoms with van der Waals surface area (Å²) in [4.78, 5) is 9.53. The van der Waals surface area contributed by atoms with Gasteiger partial charge < -0.3 is 15.1 Å². The summed E-state index contributed by atoms with van der Waals surface area (Å²) in [6, 6.07) is 7.78. The number of pyridine rings is 1. The van der Waals surface area contributed by atoms with E-state index in [2.05, 4.69) is 44.6 Å². The van der Waals surface area contributed by atoms with Crippen LogP contribution in [-0.4, -0.2) is 55.7 Å². The number of aromatic nitrogens is 1. The van der Waals surface area contributed by atoms with Crippen LogP contribution in [0, 0.1) is 5.92 Å². The van der Waals surface area contributed by atoms with Gasteiger partial charge in [-0.3, -0.25) is 4.98 Å². The Labute approximate surface area is 184 Å². The second kappa shape index (κ2) is 10.2. The quantitative estimate of drug-likeness (QED) is 0.504. The van der Waals surface area contributed by atoms with Gasteiger partial charge in [-0.1, -0.05) is 31.0 Å². The van der Waals surface area contributed by atoms with Crippen LogP contribution in [0.5, 0.6) is 0 Å². The van der Waals surface area contributed by atoms with E-state index in [0.29, 0.717) is 5.56 Å². The fourth-order valence-electron chi connectivity index (χ4n) is 4.75. The van der Waals surface area contributed by atoms with E-state index in [4.69, 9.17) is 0 Å². The van der Waals surface area contributed by atoms with Gasteiger partial charge >= 0.3 is 0 Å². The molecule has 0 saturated carbocycles. The number of halogens is 1. The summed E-state index contributed by atoms with van der Waals surface area (Å²) in [5, 5.41) is 3.23. The van der Waals surface area contributed by atoms with Crippen LogP contribution in [0.15, 0.2) is 30.5 Å². The van der Waals surface area contributed by atoms with Crippen LogP contribution >= 0.6 is 18.5 Å². The molecule has 2 fully saturated rings. The minimum absolute atomic E-state index is 0.645. The van der Waals surface area contributed by atoms with Crippen LogP contribution in [0.1, 0.15) is 37.7 Å². The lowest BCUT2D eigenvalue weighted by molar-refractivity contribution is 0.226. The highest BCUT2D eigenvalue weighted by Gasteiger charge is 2.23. The van der Waals surface area contributed by atoms with E-state index in [-0.39, 0.29) is 0 Å². The average Bonchev–Trinajstić information content (AvgIpc) is 2.76. The van der Waals surface area contributed by atoms with Gasteiger partial charge in [0.1, 0.15) is 0 Å². The summed E-state index contributed by atoms with van der Waals surface area (Å²) in [6.45, 7) is 8.05. The number of benzene rings is 1. The zero-order valence-corrected chi connectivity index (χ0v) is 20.1. The van der Waals surface area contributed by atoms with E-state index in [1.165, 1.54) is 57.4 Å². The van der Waals surface area contributed by atoms with Gasteiger partial charge in [-0.25, -0.2) is 4.39 Å². The number of nitrogens with one attached hydrogen (secondary N) is 1. The van der Waals surface area contributed by atoms with Crippen LogP contribution < -0.4 is 10.2 Å². The minimum atomic E-state index is -1.51. The summed E-state index contributed by atoms with van der Waals surface area (Å²) in [5.74, 6) is 0.740. The molecule has 2 aliphatic heterocycles. The predicted molar refractivity (Wildman–Crippen MR) is 132 cm³/mol. The smallest absolute Gasteiger partial charge is 0.160 e. The highest BCUT2D eigenvalue weighted by molar-refractivity contribution is 7.38. The Hall–Kier alpha value is -0.860. The van der Waals surface area contributed by atoms with Crippen LogP contribution in [0.25, 0.3) is 10.9 Å². The molecule has 2 unspecified atom stereocenters. The molecule has 164 valence electrons. The third-order valence-electron chi connectivity index (χ3n) is 6.60. The molecule has 0 aliphatic carbocycles. The van der Waals surface area contributed by atoms with Gasteiger partial charge in [0.2, 0.25) is 0 Å². The third-order valence-corrected chi connectivity index (χ3v) is 7.27. The molecule has 30 heavy (non-hydrogen) atoms. The fourth-order valence-corrected chi connectivity index (χ4v) is 5.11. The average molecular weight is 449 g/mol. The number of fused-ring (bicyclic) bond motifs is 1. The number of anilines is 1. The molecular weight excluding hydrogens is 413 g/mol. The minimum Gasteiger partial charge on any atom is -0.371 e. The van der Waals surface area contributed by atoms with Crippen molar-refractivity contribution in [2.24, 2.45) is 5.92 Å². The highest BCUT2D eigenvalue weighted by Crippen LogP contribution is 2.42. The van der Waals surface area contributed by atoms with Gasteiger partial charge in [0.05, 0.1) is 5.52 Å². The molecular formula is C23H35FN4P2. The first-order valence-electron chi connectivity index (χ1n) is 11.3. The van der Waals surface area contributed by atoms with Crippen LogP contribution in [0.2, 0.25) is 0 Å². The summed E-state index contributed by atoms with van der Waals surface area (Å²) >= 11 is 0. The van der Waals surface area contributed by atoms with E-state index in [1.54, 1.807) is 0 Å². The fraction of sp³-hybridized carbons (Fsp3) is 0.609. The number of likely N-dealkylation sites (tertiary alicyclic amines) is 1. The zero-order valence-electron chi connectivity index (χ0n) is 17.8. The number of alkyl halides is 1. The molecule has 1 aromatic carbocycles. The lowest BCUT2D eigenvalue weighted by Gasteiger charge is -2.34. The van der Waals surface area contributed by atoms with Crippen LogP contribution in [0.3, 0.4) is 0 Å². The maximum atomic E-state index is 14.4. The van der Waals surface area contributed by atoms with E-state index < -0.39 is 5.15 Å². The summed E-state index contributed by atoms with van der Waals surface area (Å²) < 4.78 is 14.4.